The molecule has 1 fully saturated rings. The Bertz CT molecular complexity index is 799. The summed E-state index contributed by atoms with van der Waals surface area (Å²) in [4.78, 5) is 23.0. The van der Waals surface area contributed by atoms with Gasteiger partial charge >= 0.3 is 64.5 Å². The second-order valence-electron chi connectivity index (χ2n) is 7.23. The number of benzene rings is 1. The summed E-state index contributed by atoms with van der Waals surface area (Å²) in [6.45, 7) is 5.06. The fourth-order valence-electron chi connectivity index (χ4n) is 1.90. The van der Waals surface area contributed by atoms with E-state index in [4.69, 9.17) is 21.1 Å². The van der Waals surface area contributed by atoms with Gasteiger partial charge in [-0.05, 0) is 70.6 Å². The molecule has 0 saturated heterocycles. The molecule has 0 aliphatic heterocycles. The van der Waals surface area contributed by atoms with Crippen LogP contribution in [0.25, 0.3) is 0 Å². The van der Waals surface area contributed by atoms with Gasteiger partial charge in [-0.2, -0.15) is 0 Å². The molecular weight excluding hydrogens is 604 g/mol. The Balaban J connectivity index is 0. The number of methoxy groups -OCH3 is 1. The van der Waals surface area contributed by atoms with Gasteiger partial charge in [0.25, 0.3) is 0 Å². The number of aliphatic carboxylic acids is 1. The van der Waals surface area contributed by atoms with Gasteiger partial charge < -0.3 is 19.9 Å². The standard InChI is InChI=1S/C14H18ClNO5.C5H5.F6P.Ru/c1-14(2,3)21-13(19)16-11(12(17)18)8-5-6-10(20-4)9(15)7-8;1-2-4-5-3-1;1-7(2,3,4,5)6;/h5-7,11H,1-4H3,(H,16,19)(H,17,18);1-5H;;/q;;-1;+2/t11-;;;/m1.../s1. The first kappa shape index (κ1) is 34.8. The third kappa shape index (κ3) is 21.2. The summed E-state index contributed by atoms with van der Waals surface area (Å²) in [5.41, 5.74) is -0.399. The Hall–Kier alpha value is -1.32. The number of carboxylic acids is 1. The van der Waals surface area contributed by atoms with Crippen LogP contribution in [-0.2, 0) is 29.0 Å². The van der Waals surface area contributed by atoms with E-state index in [-0.39, 0.29) is 24.5 Å². The van der Waals surface area contributed by atoms with Crippen molar-refractivity contribution in [3.05, 3.63) is 60.9 Å². The molecule has 2 N–H and O–H groups in total. The van der Waals surface area contributed by atoms with Gasteiger partial charge in [-0.25, -0.2) is 9.59 Å². The largest absolute Gasteiger partial charge is 2.00 e. The molecule has 0 aromatic heterocycles. The Labute approximate surface area is 211 Å². The molecule has 5 radical (unpaired) electrons. The minimum Gasteiger partial charge on any atom is -0.0312 e. The fourth-order valence-corrected chi connectivity index (χ4v) is 2.16. The SMILES string of the molecule is COc1ccc([C@@H](NC(=O)OC(C)(C)C)C(=O)O)cc1Cl.F[P-](F)(F)(F)(F)F.[CH]1[CH][CH][CH][CH]1.[Ru+2]. The minimum absolute atomic E-state index is 0. The van der Waals surface area contributed by atoms with Crippen molar-refractivity contribution in [2.75, 3.05) is 7.11 Å². The number of amides is 1. The maximum absolute atomic E-state index is 11.7. The van der Waals surface area contributed by atoms with E-state index in [2.05, 4.69) is 5.32 Å². The van der Waals surface area contributed by atoms with Crippen LogP contribution in [0.4, 0.5) is 30.0 Å². The topological polar surface area (TPSA) is 84.9 Å². The van der Waals surface area contributed by atoms with E-state index >= 15 is 0 Å². The smallest absolute Gasteiger partial charge is 0.0312 e. The van der Waals surface area contributed by atoms with Crippen LogP contribution in [0, 0.1) is 32.1 Å². The van der Waals surface area contributed by atoms with Crippen molar-refractivity contribution in [3.8, 4) is 5.75 Å². The zero-order chi connectivity index (χ0) is 26.2. The van der Waals surface area contributed by atoms with Crippen LogP contribution in [-0.4, -0.2) is 29.9 Å². The predicted octanol–water partition coefficient (Wildman–Crippen LogP) is 7.40. The van der Waals surface area contributed by atoms with Gasteiger partial charge in [-0.3, -0.25) is 0 Å². The van der Waals surface area contributed by atoms with E-state index in [0.717, 1.165) is 0 Å². The molecule has 1 saturated carbocycles. The summed E-state index contributed by atoms with van der Waals surface area (Å²) in [5.74, 6) is -0.802. The fraction of sp³-hybridized carbons (Fsp3) is 0.316. The van der Waals surface area contributed by atoms with E-state index in [0.29, 0.717) is 11.3 Å². The summed E-state index contributed by atoms with van der Waals surface area (Å²) >= 11 is 5.96. The van der Waals surface area contributed by atoms with Gasteiger partial charge in [-0.15, -0.1) is 0 Å². The first-order chi connectivity index (χ1) is 14.6. The first-order valence-electron chi connectivity index (χ1n) is 8.88. The van der Waals surface area contributed by atoms with E-state index in [1.807, 2.05) is 32.1 Å². The van der Waals surface area contributed by atoms with E-state index in [1.54, 1.807) is 20.8 Å². The molecule has 1 aromatic carbocycles. The zero-order valence-corrected chi connectivity index (χ0v) is 21.6. The van der Waals surface area contributed by atoms with Crippen LogP contribution in [0.3, 0.4) is 0 Å². The maximum atomic E-state index is 11.7. The Morgan fingerprint density at radius 1 is 1.00 bits per heavy atom. The van der Waals surface area contributed by atoms with Crippen LogP contribution in [0.2, 0.25) is 5.02 Å². The van der Waals surface area contributed by atoms with Crippen molar-refractivity contribution in [1.82, 2.24) is 5.32 Å². The third-order valence-corrected chi connectivity index (χ3v) is 3.27. The number of carbonyl (C=O) groups is 2. The third-order valence-electron chi connectivity index (χ3n) is 2.97. The molecule has 1 aliphatic rings. The molecule has 0 spiro atoms. The average Bonchev–Trinajstić information content (AvgIpc) is 3.15. The van der Waals surface area contributed by atoms with Crippen molar-refractivity contribution < 1.29 is 68.8 Å². The number of halogens is 7. The quantitative estimate of drug-likeness (QED) is 0.207. The van der Waals surface area contributed by atoms with Gasteiger partial charge in [0.2, 0.25) is 0 Å². The number of carbonyl (C=O) groups excluding carboxylic acids is 1. The van der Waals surface area contributed by atoms with Gasteiger partial charge in [0.05, 0.1) is 12.1 Å². The van der Waals surface area contributed by atoms with Crippen LogP contribution >= 0.6 is 19.4 Å². The van der Waals surface area contributed by atoms with Crippen molar-refractivity contribution in [1.29, 1.82) is 0 Å². The number of alkyl carbamates (subject to hydrolysis) is 1. The maximum Gasteiger partial charge on any atom is 2.00 e. The molecule has 0 bridgehead atoms. The second kappa shape index (κ2) is 12.6. The first-order valence-corrected chi connectivity index (χ1v) is 11.3. The van der Waals surface area contributed by atoms with E-state index < -0.39 is 31.5 Å². The number of hydrogen-bond donors (Lipinski definition) is 2. The van der Waals surface area contributed by atoms with Gasteiger partial charge in [-0.1, -0.05) is 17.7 Å². The van der Waals surface area contributed by atoms with Gasteiger partial charge in [0, 0.05) is 0 Å². The van der Waals surface area contributed by atoms with Crippen molar-refractivity contribution in [2.45, 2.75) is 32.4 Å². The molecule has 0 heterocycles. The molecule has 2 rings (SSSR count). The second-order valence-corrected chi connectivity index (χ2v) is 9.56. The van der Waals surface area contributed by atoms with Crippen molar-refractivity contribution in [3.63, 3.8) is 0 Å². The molecule has 34 heavy (non-hydrogen) atoms. The number of rotatable bonds is 4. The molecular formula is C19H23ClF6NO5PRu+. The molecule has 195 valence electrons. The van der Waals surface area contributed by atoms with E-state index in [1.165, 1.54) is 25.3 Å². The molecule has 15 heteroatoms. The minimum atomic E-state index is -10.7. The monoisotopic (exact) mass is 627 g/mol. The number of ether oxygens (including phenoxy) is 2. The summed E-state index contributed by atoms with van der Waals surface area (Å²) < 4.78 is 69.2. The van der Waals surface area contributed by atoms with Crippen LogP contribution in [0.1, 0.15) is 32.4 Å². The molecule has 1 atom stereocenters. The predicted molar refractivity (Wildman–Crippen MR) is 113 cm³/mol. The molecule has 0 unspecified atom stereocenters. The van der Waals surface area contributed by atoms with Crippen LogP contribution in [0.15, 0.2) is 18.2 Å². The summed E-state index contributed by atoms with van der Waals surface area (Å²) in [6.07, 6.45) is 9.18. The van der Waals surface area contributed by atoms with Gasteiger partial charge in [0.1, 0.15) is 11.4 Å². The Kier molecular flexibility index (Phi) is 12.9. The van der Waals surface area contributed by atoms with Gasteiger partial charge in [0.15, 0.2) is 6.04 Å². The molecule has 6 nitrogen and oxygen atoms in total. The van der Waals surface area contributed by atoms with Crippen LogP contribution < -0.4 is 10.1 Å². The van der Waals surface area contributed by atoms with E-state index in [9.17, 15) is 39.9 Å². The number of hydrogen-bond acceptors (Lipinski definition) is 4. The molecule has 1 aliphatic carbocycles. The zero-order valence-electron chi connectivity index (χ0n) is 18.2. The Morgan fingerprint density at radius 3 is 1.71 bits per heavy atom. The summed E-state index contributed by atoms with van der Waals surface area (Å²) in [6, 6.07) is 3.21. The number of carboxylic acid groups (broad SMARTS) is 1. The summed E-state index contributed by atoms with van der Waals surface area (Å²) in [7, 11) is -9.20. The summed E-state index contributed by atoms with van der Waals surface area (Å²) in [5, 5.41) is 11.8. The Morgan fingerprint density at radius 2 is 1.41 bits per heavy atom. The van der Waals surface area contributed by atoms with Crippen LogP contribution in [0.5, 0.6) is 5.75 Å². The van der Waals surface area contributed by atoms with Crippen molar-refractivity contribution in [2.24, 2.45) is 0 Å². The van der Waals surface area contributed by atoms with Crippen molar-refractivity contribution >= 4 is 31.5 Å². The number of nitrogens with one attached hydrogen (secondary N) is 1. The molecule has 1 aromatic rings. The molecule has 1 amide bonds. The normalized spacial score (nSPS) is 16.0. The average molecular weight is 627 g/mol.